The zero-order valence-electron chi connectivity index (χ0n) is 12.2. The normalized spacial score (nSPS) is 19.0. The van der Waals surface area contributed by atoms with Crippen LogP contribution in [-0.4, -0.2) is 39.4 Å². The molecule has 1 aromatic heterocycles. The largest absolute Gasteiger partial charge is 0.368 e. The number of morpholine rings is 1. The second-order valence-electron chi connectivity index (χ2n) is 5.31. The Morgan fingerprint density at radius 2 is 2.36 bits per heavy atom. The number of hydrogen-bond acceptors (Lipinski definition) is 5. The third-order valence-corrected chi connectivity index (χ3v) is 3.77. The van der Waals surface area contributed by atoms with E-state index in [4.69, 9.17) is 10.00 Å². The molecule has 1 saturated heterocycles. The minimum absolute atomic E-state index is 0.146. The summed E-state index contributed by atoms with van der Waals surface area (Å²) < 4.78 is 20.8. The second kappa shape index (κ2) is 6.22. The maximum absolute atomic E-state index is 13.2. The maximum atomic E-state index is 13.2. The Bertz CT molecular complexity index is 708. The van der Waals surface area contributed by atoms with Gasteiger partial charge in [-0.15, -0.1) is 10.2 Å². The number of aryl methyl sites for hydroxylation is 1. The van der Waals surface area contributed by atoms with Gasteiger partial charge in [-0.3, -0.25) is 4.90 Å². The topological polar surface area (TPSA) is 67.0 Å². The molecule has 2 heterocycles. The fraction of sp³-hybridized carbons (Fsp3) is 0.400. The smallest absolute Gasteiger partial charge is 0.163 e. The van der Waals surface area contributed by atoms with Crippen molar-refractivity contribution in [1.29, 1.82) is 5.26 Å². The summed E-state index contributed by atoms with van der Waals surface area (Å²) in [6.07, 6.45) is 1.50. The highest BCUT2D eigenvalue weighted by Crippen LogP contribution is 2.22. The van der Waals surface area contributed by atoms with Crippen molar-refractivity contribution in [2.75, 3.05) is 19.7 Å². The van der Waals surface area contributed by atoms with Crippen LogP contribution in [-0.2, 0) is 18.3 Å². The molecular weight excluding hydrogens is 285 g/mol. The molecule has 0 N–H and O–H groups in total. The van der Waals surface area contributed by atoms with Gasteiger partial charge in [0.25, 0.3) is 0 Å². The monoisotopic (exact) mass is 301 g/mol. The highest BCUT2D eigenvalue weighted by Gasteiger charge is 2.25. The summed E-state index contributed by atoms with van der Waals surface area (Å²) in [5.74, 6) is 0.392. The van der Waals surface area contributed by atoms with Crippen LogP contribution < -0.4 is 0 Å². The quantitative estimate of drug-likeness (QED) is 0.857. The zero-order chi connectivity index (χ0) is 15.5. The minimum Gasteiger partial charge on any atom is -0.368 e. The van der Waals surface area contributed by atoms with Gasteiger partial charge >= 0.3 is 0 Å². The standard InChI is InChI=1S/C15H16FN5O/c1-20-10-18-19-15(20)14-9-21(4-5-22-14)8-11-2-3-13(16)6-12(11)7-17/h2-3,6,10,14H,4-5,8-9H2,1H3/t14-/m1/s1. The van der Waals surface area contributed by atoms with E-state index in [1.807, 2.05) is 17.7 Å². The Balaban J connectivity index is 1.74. The average Bonchev–Trinajstić information content (AvgIpc) is 2.95. The molecule has 1 fully saturated rings. The van der Waals surface area contributed by atoms with Crippen molar-refractivity contribution < 1.29 is 9.13 Å². The minimum atomic E-state index is -0.390. The van der Waals surface area contributed by atoms with Gasteiger partial charge in [0, 0.05) is 26.7 Å². The van der Waals surface area contributed by atoms with Crippen molar-refractivity contribution in [3.8, 4) is 6.07 Å². The van der Waals surface area contributed by atoms with Gasteiger partial charge in [-0.25, -0.2) is 4.39 Å². The molecule has 22 heavy (non-hydrogen) atoms. The average molecular weight is 301 g/mol. The first-order chi connectivity index (χ1) is 10.7. The van der Waals surface area contributed by atoms with Gasteiger partial charge in [-0.2, -0.15) is 5.26 Å². The number of nitrogens with zero attached hydrogens (tertiary/aromatic N) is 5. The van der Waals surface area contributed by atoms with E-state index in [2.05, 4.69) is 15.1 Å². The SMILES string of the molecule is Cn1cnnc1[C@H]1CN(Cc2ccc(F)cc2C#N)CCO1. The molecule has 6 nitrogen and oxygen atoms in total. The molecule has 7 heteroatoms. The summed E-state index contributed by atoms with van der Waals surface area (Å²) in [7, 11) is 1.88. The Hall–Kier alpha value is -2.30. The molecule has 114 valence electrons. The van der Waals surface area contributed by atoms with E-state index in [0.29, 0.717) is 25.3 Å². The van der Waals surface area contributed by atoms with Gasteiger partial charge in [-0.05, 0) is 17.7 Å². The fourth-order valence-electron chi connectivity index (χ4n) is 2.62. The van der Waals surface area contributed by atoms with Crippen molar-refractivity contribution in [2.45, 2.75) is 12.6 Å². The lowest BCUT2D eigenvalue weighted by atomic mass is 10.1. The lowest BCUT2D eigenvalue weighted by Gasteiger charge is -2.32. The number of benzene rings is 1. The van der Waals surface area contributed by atoms with E-state index >= 15 is 0 Å². The number of rotatable bonds is 3. The van der Waals surface area contributed by atoms with Crippen LogP contribution in [0.1, 0.15) is 23.1 Å². The molecule has 0 spiro atoms. The maximum Gasteiger partial charge on any atom is 0.163 e. The second-order valence-corrected chi connectivity index (χ2v) is 5.31. The van der Waals surface area contributed by atoms with Crippen molar-refractivity contribution in [3.63, 3.8) is 0 Å². The van der Waals surface area contributed by atoms with Gasteiger partial charge in [0.05, 0.1) is 18.2 Å². The van der Waals surface area contributed by atoms with Crippen LogP contribution in [0.5, 0.6) is 0 Å². The first-order valence-corrected chi connectivity index (χ1v) is 7.03. The summed E-state index contributed by atoms with van der Waals surface area (Å²) in [5, 5.41) is 17.1. The molecule has 3 rings (SSSR count). The summed E-state index contributed by atoms with van der Waals surface area (Å²) >= 11 is 0. The molecular formula is C15H16FN5O. The van der Waals surface area contributed by atoms with E-state index in [1.54, 1.807) is 12.4 Å². The predicted octanol–water partition coefficient (Wildman–Crippen LogP) is 1.40. The first-order valence-electron chi connectivity index (χ1n) is 7.03. The van der Waals surface area contributed by atoms with Crippen LogP contribution in [0.25, 0.3) is 0 Å². The van der Waals surface area contributed by atoms with Crippen LogP contribution in [0.4, 0.5) is 4.39 Å². The van der Waals surface area contributed by atoms with Crippen molar-refractivity contribution in [1.82, 2.24) is 19.7 Å². The molecule has 0 amide bonds. The number of aromatic nitrogens is 3. The van der Waals surface area contributed by atoms with E-state index < -0.39 is 0 Å². The summed E-state index contributed by atoms with van der Waals surface area (Å²) in [5.41, 5.74) is 1.20. The van der Waals surface area contributed by atoms with Crippen molar-refractivity contribution in [2.24, 2.45) is 7.05 Å². The van der Waals surface area contributed by atoms with Crippen LogP contribution in [0.3, 0.4) is 0 Å². The van der Waals surface area contributed by atoms with Crippen LogP contribution >= 0.6 is 0 Å². The predicted molar refractivity (Wildman–Crippen MR) is 76.1 cm³/mol. The van der Waals surface area contributed by atoms with Crippen LogP contribution in [0, 0.1) is 17.1 Å². The Morgan fingerprint density at radius 1 is 1.50 bits per heavy atom. The number of ether oxygens (including phenoxy) is 1. The van der Waals surface area contributed by atoms with Crippen LogP contribution in [0.15, 0.2) is 24.5 Å². The lowest BCUT2D eigenvalue weighted by molar-refractivity contribution is -0.0385. The van der Waals surface area contributed by atoms with Gasteiger partial charge in [-0.1, -0.05) is 6.07 Å². The number of hydrogen-bond donors (Lipinski definition) is 0. The fourth-order valence-corrected chi connectivity index (χ4v) is 2.62. The van der Waals surface area contributed by atoms with E-state index in [1.165, 1.54) is 12.1 Å². The van der Waals surface area contributed by atoms with E-state index in [9.17, 15) is 4.39 Å². The molecule has 0 unspecified atom stereocenters. The highest BCUT2D eigenvalue weighted by atomic mass is 19.1. The summed E-state index contributed by atoms with van der Waals surface area (Å²) in [6, 6.07) is 6.38. The van der Waals surface area contributed by atoms with Gasteiger partial charge in [0.2, 0.25) is 0 Å². The number of nitriles is 1. The molecule has 0 bridgehead atoms. The molecule has 2 aromatic rings. The third-order valence-electron chi connectivity index (χ3n) is 3.77. The van der Waals surface area contributed by atoms with Crippen LogP contribution in [0.2, 0.25) is 0 Å². The summed E-state index contributed by atoms with van der Waals surface area (Å²) in [4.78, 5) is 2.18. The Kier molecular flexibility index (Phi) is 4.13. The van der Waals surface area contributed by atoms with Gasteiger partial charge in [0.1, 0.15) is 18.2 Å². The third kappa shape index (κ3) is 2.98. The molecule has 0 aliphatic carbocycles. The molecule has 1 atom stereocenters. The zero-order valence-corrected chi connectivity index (χ0v) is 12.2. The van der Waals surface area contributed by atoms with E-state index in [0.717, 1.165) is 17.9 Å². The highest BCUT2D eigenvalue weighted by molar-refractivity contribution is 5.37. The van der Waals surface area contributed by atoms with E-state index in [-0.39, 0.29) is 11.9 Å². The first kappa shape index (κ1) is 14.6. The van der Waals surface area contributed by atoms with Crippen molar-refractivity contribution >= 4 is 0 Å². The van der Waals surface area contributed by atoms with Gasteiger partial charge < -0.3 is 9.30 Å². The van der Waals surface area contributed by atoms with Crippen molar-refractivity contribution in [3.05, 3.63) is 47.3 Å². The molecule has 0 saturated carbocycles. The number of halogens is 1. The van der Waals surface area contributed by atoms with Gasteiger partial charge in [0.15, 0.2) is 5.82 Å². The molecule has 0 radical (unpaired) electrons. The Morgan fingerprint density at radius 3 is 3.09 bits per heavy atom. The summed E-state index contributed by atoms with van der Waals surface area (Å²) in [6.45, 7) is 2.59. The molecule has 1 aliphatic rings. The lowest BCUT2D eigenvalue weighted by Crippen LogP contribution is -2.38. The Labute approximate surface area is 127 Å². The molecule has 1 aliphatic heterocycles. The molecule has 1 aromatic carbocycles.